The molecular weight excluding hydrogens is 220 g/mol. The molecule has 0 saturated carbocycles. The topological polar surface area (TPSA) is 60.9 Å². The molecule has 17 heavy (non-hydrogen) atoms. The van der Waals surface area contributed by atoms with E-state index in [1.54, 1.807) is 4.90 Å². The molecule has 0 spiro atoms. The number of carboxylic acids is 1. The molecule has 1 amide bonds. The van der Waals surface area contributed by atoms with Crippen molar-refractivity contribution >= 4 is 11.9 Å². The fourth-order valence-corrected chi connectivity index (χ4v) is 2.13. The number of carbonyl (C=O) groups is 2. The lowest BCUT2D eigenvalue weighted by Gasteiger charge is -2.34. The van der Waals surface area contributed by atoms with Crippen LogP contribution in [0.4, 0.5) is 0 Å². The number of aliphatic carboxylic acids is 1. The summed E-state index contributed by atoms with van der Waals surface area (Å²) in [5.41, 5.74) is -0.626. The molecule has 1 aliphatic rings. The van der Waals surface area contributed by atoms with Gasteiger partial charge in [-0.1, -0.05) is 6.92 Å². The molecule has 5 nitrogen and oxygen atoms in total. The van der Waals surface area contributed by atoms with Crippen molar-refractivity contribution < 1.29 is 14.7 Å². The van der Waals surface area contributed by atoms with Crippen LogP contribution in [0.25, 0.3) is 0 Å². The molecule has 0 aliphatic carbocycles. The summed E-state index contributed by atoms with van der Waals surface area (Å²) >= 11 is 0. The second-order valence-corrected chi connectivity index (χ2v) is 5.23. The molecule has 1 saturated heterocycles. The van der Waals surface area contributed by atoms with E-state index in [-0.39, 0.29) is 5.91 Å². The first kappa shape index (κ1) is 14.0. The van der Waals surface area contributed by atoms with Gasteiger partial charge in [0.25, 0.3) is 0 Å². The van der Waals surface area contributed by atoms with Crippen molar-refractivity contribution in [1.82, 2.24) is 9.80 Å². The van der Waals surface area contributed by atoms with Crippen LogP contribution in [0.5, 0.6) is 0 Å². The number of nitrogens with zero attached hydrogens (tertiary/aromatic N) is 2. The third-order valence-corrected chi connectivity index (χ3v) is 3.54. The van der Waals surface area contributed by atoms with Gasteiger partial charge in [-0.05, 0) is 27.3 Å². The number of likely N-dealkylation sites (N-methyl/N-ethyl adjacent to an activating group) is 1. The van der Waals surface area contributed by atoms with E-state index in [4.69, 9.17) is 5.11 Å². The summed E-state index contributed by atoms with van der Waals surface area (Å²) in [5, 5.41) is 9.16. The molecule has 0 radical (unpaired) electrons. The van der Waals surface area contributed by atoms with Gasteiger partial charge in [-0.15, -0.1) is 0 Å². The highest BCUT2D eigenvalue weighted by atomic mass is 16.4. The highest BCUT2D eigenvalue weighted by Crippen LogP contribution is 2.23. The number of carbonyl (C=O) groups excluding carboxylic acids is 1. The lowest BCUT2D eigenvalue weighted by atomic mass is 10.0. The average Bonchev–Trinajstić information content (AvgIpc) is 2.31. The molecule has 0 aromatic heterocycles. The Balaban J connectivity index is 2.99. The van der Waals surface area contributed by atoms with E-state index in [1.165, 1.54) is 0 Å². The molecule has 0 aromatic rings. The van der Waals surface area contributed by atoms with Gasteiger partial charge in [0, 0.05) is 19.6 Å². The third kappa shape index (κ3) is 2.77. The molecule has 5 heteroatoms. The zero-order valence-corrected chi connectivity index (χ0v) is 11.1. The molecule has 0 bridgehead atoms. The first-order valence-corrected chi connectivity index (χ1v) is 6.04. The molecule has 98 valence electrons. The van der Waals surface area contributed by atoms with E-state index in [1.807, 2.05) is 32.7 Å². The summed E-state index contributed by atoms with van der Waals surface area (Å²) in [5.74, 6) is -1.31. The van der Waals surface area contributed by atoms with Crippen LogP contribution in [-0.4, -0.2) is 59.0 Å². The van der Waals surface area contributed by atoms with Gasteiger partial charge in [0.1, 0.15) is 0 Å². The third-order valence-electron chi connectivity index (χ3n) is 3.54. The van der Waals surface area contributed by atoms with Gasteiger partial charge in [0.05, 0.1) is 11.5 Å². The molecule has 1 heterocycles. The minimum Gasteiger partial charge on any atom is -0.481 e. The zero-order chi connectivity index (χ0) is 13.2. The normalized spacial score (nSPS) is 25.8. The molecule has 1 rings (SSSR count). The van der Waals surface area contributed by atoms with E-state index in [0.29, 0.717) is 19.6 Å². The minimum atomic E-state index is -0.830. The predicted octanol–water partition coefficient (Wildman–Crippen LogP) is 0.650. The van der Waals surface area contributed by atoms with E-state index in [0.717, 1.165) is 6.42 Å². The molecule has 1 unspecified atom stereocenters. The average molecular weight is 242 g/mol. The van der Waals surface area contributed by atoms with Gasteiger partial charge in [-0.25, -0.2) is 0 Å². The maximum atomic E-state index is 12.3. The van der Waals surface area contributed by atoms with Crippen LogP contribution in [0.3, 0.4) is 0 Å². The molecule has 1 fully saturated rings. The van der Waals surface area contributed by atoms with Crippen LogP contribution in [0.1, 0.15) is 27.2 Å². The Morgan fingerprint density at radius 3 is 2.53 bits per heavy atom. The Bertz CT molecular complexity index is 315. The zero-order valence-electron chi connectivity index (χ0n) is 11.1. The molecule has 0 aromatic carbocycles. The van der Waals surface area contributed by atoms with E-state index in [9.17, 15) is 9.59 Å². The lowest BCUT2D eigenvalue weighted by Crippen LogP contribution is -2.52. The fourth-order valence-electron chi connectivity index (χ4n) is 2.13. The van der Waals surface area contributed by atoms with Gasteiger partial charge < -0.3 is 10.0 Å². The van der Waals surface area contributed by atoms with Crippen LogP contribution >= 0.6 is 0 Å². The van der Waals surface area contributed by atoms with Crippen LogP contribution in [-0.2, 0) is 9.59 Å². The van der Waals surface area contributed by atoms with Crippen molar-refractivity contribution in [3.8, 4) is 0 Å². The second kappa shape index (κ2) is 5.04. The number of hydrogen-bond donors (Lipinski definition) is 1. The molecular formula is C12H22N2O3. The number of amides is 1. The molecule has 1 atom stereocenters. The van der Waals surface area contributed by atoms with Gasteiger partial charge >= 0.3 is 5.97 Å². The maximum Gasteiger partial charge on any atom is 0.309 e. The minimum absolute atomic E-state index is 0.0191. The van der Waals surface area contributed by atoms with Gasteiger partial charge in [0.15, 0.2) is 0 Å². The Labute approximate surface area is 102 Å². The summed E-state index contributed by atoms with van der Waals surface area (Å²) in [6.45, 7) is 7.04. The highest BCUT2D eigenvalue weighted by Gasteiger charge is 2.41. The Hall–Kier alpha value is -1.10. The van der Waals surface area contributed by atoms with Gasteiger partial charge in [-0.2, -0.15) is 0 Å². The van der Waals surface area contributed by atoms with Crippen molar-refractivity contribution in [3.05, 3.63) is 0 Å². The van der Waals surface area contributed by atoms with E-state index in [2.05, 4.69) is 0 Å². The summed E-state index contributed by atoms with van der Waals surface area (Å²) in [7, 11) is 1.81. The fraction of sp³-hybridized carbons (Fsp3) is 0.833. The standard InChI is InChI=1S/C12H22N2O3/c1-5-6-14-8-9(10(15)16)7-13(4)12(2,3)11(14)17/h9H,5-8H2,1-4H3,(H,15,16). The molecule has 1 N–H and O–H groups in total. The first-order valence-electron chi connectivity index (χ1n) is 6.04. The van der Waals surface area contributed by atoms with Crippen molar-refractivity contribution in [2.24, 2.45) is 5.92 Å². The van der Waals surface area contributed by atoms with Crippen LogP contribution in [0.2, 0.25) is 0 Å². The van der Waals surface area contributed by atoms with Gasteiger partial charge in [-0.3, -0.25) is 14.5 Å². The maximum absolute atomic E-state index is 12.3. The van der Waals surface area contributed by atoms with Crippen LogP contribution in [0, 0.1) is 5.92 Å². The first-order chi connectivity index (χ1) is 7.80. The van der Waals surface area contributed by atoms with Crippen molar-refractivity contribution in [3.63, 3.8) is 0 Å². The Morgan fingerprint density at radius 2 is 2.06 bits per heavy atom. The van der Waals surface area contributed by atoms with E-state index >= 15 is 0 Å². The second-order valence-electron chi connectivity index (χ2n) is 5.23. The van der Waals surface area contributed by atoms with E-state index < -0.39 is 17.4 Å². The van der Waals surface area contributed by atoms with Crippen molar-refractivity contribution in [2.75, 3.05) is 26.7 Å². The van der Waals surface area contributed by atoms with Crippen molar-refractivity contribution in [1.29, 1.82) is 0 Å². The highest BCUT2D eigenvalue weighted by molar-refractivity contribution is 5.86. The smallest absolute Gasteiger partial charge is 0.309 e. The molecule has 1 aliphatic heterocycles. The quantitative estimate of drug-likeness (QED) is 0.789. The summed E-state index contributed by atoms with van der Waals surface area (Å²) in [4.78, 5) is 27.0. The van der Waals surface area contributed by atoms with Crippen LogP contribution < -0.4 is 0 Å². The number of hydrogen-bond acceptors (Lipinski definition) is 3. The van der Waals surface area contributed by atoms with Gasteiger partial charge in [0.2, 0.25) is 5.91 Å². The summed E-state index contributed by atoms with van der Waals surface area (Å²) < 4.78 is 0. The van der Waals surface area contributed by atoms with Crippen molar-refractivity contribution in [2.45, 2.75) is 32.7 Å². The summed E-state index contributed by atoms with van der Waals surface area (Å²) in [6.07, 6.45) is 0.845. The lowest BCUT2D eigenvalue weighted by molar-refractivity contribution is -0.142. The summed E-state index contributed by atoms with van der Waals surface area (Å²) in [6, 6.07) is 0. The Morgan fingerprint density at radius 1 is 1.47 bits per heavy atom. The monoisotopic (exact) mass is 242 g/mol. The largest absolute Gasteiger partial charge is 0.481 e. The van der Waals surface area contributed by atoms with Crippen LogP contribution in [0.15, 0.2) is 0 Å². The number of carboxylic acid groups (broad SMARTS) is 1. The number of rotatable bonds is 3. The SMILES string of the molecule is CCCN1CC(C(=O)O)CN(C)C(C)(C)C1=O. The predicted molar refractivity (Wildman–Crippen MR) is 64.7 cm³/mol. The Kier molecular flexibility index (Phi) is 4.14.